The van der Waals surface area contributed by atoms with Crippen molar-refractivity contribution in [2.75, 3.05) is 5.88 Å². The molecule has 1 rings (SSSR count). The van der Waals surface area contributed by atoms with Crippen molar-refractivity contribution in [1.82, 2.24) is 0 Å². The van der Waals surface area contributed by atoms with Crippen LogP contribution < -0.4 is 0 Å². The third-order valence-corrected chi connectivity index (χ3v) is 2.17. The maximum absolute atomic E-state index is 11.3. The molecule has 0 bridgehead atoms. The molecule has 0 unspecified atom stereocenters. The van der Waals surface area contributed by atoms with E-state index in [0.717, 1.165) is 12.0 Å². The van der Waals surface area contributed by atoms with Crippen LogP contribution in [0.15, 0.2) is 24.3 Å². The second-order valence-electron chi connectivity index (χ2n) is 2.91. The van der Waals surface area contributed by atoms with Gasteiger partial charge in [-0.05, 0) is 12.0 Å². The molecular weight excluding hydrogens is 184 g/mol. The molecule has 2 heteroatoms. The standard InChI is InChI=1S/C11H13ClO/c1-2-11(13)10-5-3-9(4-6-10)7-8-12/h3-6H,2,7-8H2,1H3. The molecule has 1 aromatic rings. The second kappa shape index (κ2) is 5.03. The van der Waals surface area contributed by atoms with Crippen molar-refractivity contribution >= 4 is 17.4 Å². The Bertz CT molecular complexity index is 277. The summed E-state index contributed by atoms with van der Waals surface area (Å²) in [5, 5.41) is 0. The van der Waals surface area contributed by atoms with Crippen LogP contribution in [0, 0.1) is 0 Å². The van der Waals surface area contributed by atoms with E-state index >= 15 is 0 Å². The highest BCUT2D eigenvalue weighted by Gasteiger charge is 2.01. The molecule has 0 radical (unpaired) electrons. The first-order chi connectivity index (χ1) is 6.27. The normalized spacial score (nSPS) is 10.0. The van der Waals surface area contributed by atoms with E-state index in [1.165, 1.54) is 5.56 Å². The van der Waals surface area contributed by atoms with Gasteiger partial charge in [0.05, 0.1) is 0 Å². The smallest absolute Gasteiger partial charge is 0.162 e. The molecule has 70 valence electrons. The highest BCUT2D eigenvalue weighted by Crippen LogP contribution is 2.07. The molecule has 13 heavy (non-hydrogen) atoms. The van der Waals surface area contributed by atoms with Crippen molar-refractivity contribution in [2.24, 2.45) is 0 Å². The van der Waals surface area contributed by atoms with Gasteiger partial charge in [-0.1, -0.05) is 31.2 Å². The van der Waals surface area contributed by atoms with Crippen LogP contribution >= 0.6 is 11.6 Å². The van der Waals surface area contributed by atoms with E-state index in [4.69, 9.17) is 11.6 Å². The number of hydrogen-bond donors (Lipinski definition) is 0. The Kier molecular flexibility index (Phi) is 3.97. The van der Waals surface area contributed by atoms with Crippen LogP contribution in [0.2, 0.25) is 0 Å². The molecule has 1 aromatic carbocycles. The van der Waals surface area contributed by atoms with E-state index in [1.54, 1.807) is 0 Å². The number of carbonyl (C=O) groups excluding carboxylic acids is 1. The molecule has 0 aromatic heterocycles. The minimum absolute atomic E-state index is 0.192. The van der Waals surface area contributed by atoms with Crippen molar-refractivity contribution in [3.8, 4) is 0 Å². The molecule has 0 saturated heterocycles. The number of Topliss-reactive ketones (excluding diaryl/α,β-unsaturated/α-hetero) is 1. The first-order valence-corrected chi connectivity index (χ1v) is 4.99. The zero-order valence-corrected chi connectivity index (χ0v) is 8.47. The van der Waals surface area contributed by atoms with E-state index in [0.29, 0.717) is 12.3 Å². The highest BCUT2D eigenvalue weighted by atomic mass is 35.5. The molecule has 0 spiro atoms. The van der Waals surface area contributed by atoms with E-state index in [-0.39, 0.29) is 5.78 Å². The van der Waals surface area contributed by atoms with Crippen LogP contribution in [0.1, 0.15) is 29.3 Å². The zero-order valence-electron chi connectivity index (χ0n) is 7.72. The second-order valence-corrected chi connectivity index (χ2v) is 3.29. The SMILES string of the molecule is CCC(=O)c1ccc(CCCl)cc1. The van der Waals surface area contributed by atoms with E-state index in [9.17, 15) is 4.79 Å². The lowest BCUT2D eigenvalue weighted by molar-refractivity contribution is 0.0988. The molecule has 0 aliphatic carbocycles. The largest absolute Gasteiger partial charge is 0.294 e. The molecule has 0 fully saturated rings. The van der Waals surface area contributed by atoms with Gasteiger partial charge in [0.2, 0.25) is 0 Å². The Balaban J connectivity index is 2.75. The topological polar surface area (TPSA) is 17.1 Å². The monoisotopic (exact) mass is 196 g/mol. The van der Waals surface area contributed by atoms with Crippen LogP contribution in [0.5, 0.6) is 0 Å². The van der Waals surface area contributed by atoms with Crippen molar-refractivity contribution in [2.45, 2.75) is 19.8 Å². The maximum Gasteiger partial charge on any atom is 0.162 e. The van der Waals surface area contributed by atoms with Gasteiger partial charge in [-0.2, -0.15) is 0 Å². The summed E-state index contributed by atoms with van der Waals surface area (Å²) < 4.78 is 0. The lowest BCUT2D eigenvalue weighted by Gasteiger charge is -2.00. The number of halogens is 1. The van der Waals surface area contributed by atoms with Crippen molar-refractivity contribution in [1.29, 1.82) is 0 Å². The van der Waals surface area contributed by atoms with E-state index in [1.807, 2.05) is 31.2 Å². The van der Waals surface area contributed by atoms with Crippen molar-refractivity contribution in [3.63, 3.8) is 0 Å². The van der Waals surface area contributed by atoms with Gasteiger partial charge >= 0.3 is 0 Å². The predicted octanol–water partition coefficient (Wildman–Crippen LogP) is 3.06. The molecule has 0 aliphatic rings. The molecule has 0 atom stereocenters. The number of benzene rings is 1. The van der Waals surface area contributed by atoms with Crippen LogP contribution in [0.25, 0.3) is 0 Å². The lowest BCUT2D eigenvalue weighted by Crippen LogP contribution is -1.96. The fourth-order valence-corrected chi connectivity index (χ4v) is 1.39. The average molecular weight is 197 g/mol. The quantitative estimate of drug-likeness (QED) is 0.535. The molecule has 1 nitrogen and oxygen atoms in total. The third-order valence-electron chi connectivity index (χ3n) is 1.98. The maximum atomic E-state index is 11.3. The van der Waals surface area contributed by atoms with Crippen LogP contribution in [-0.2, 0) is 6.42 Å². The van der Waals surface area contributed by atoms with Gasteiger partial charge in [-0.15, -0.1) is 11.6 Å². The number of alkyl halides is 1. The molecule has 0 heterocycles. The fourth-order valence-electron chi connectivity index (χ4n) is 1.17. The Hall–Kier alpha value is -0.820. The van der Waals surface area contributed by atoms with E-state index < -0.39 is 0 Å². The summed E-state index contributed by atoms with van der Waals surface area (Å²) in [7, 11) is 0. The van der Waals surface area contributed by atoms with Gasteiger partial charge in [-0.25, -0.2) is 0 Å². The van der Waals surface area contributed by atoms with Gasteiger partial charge in [0.1, 0.15) is 0 Å². The van der Waals surface area contributed by atoms with Crippen molar-refractivity contribution in [3.05, 3.63) is 35.4 Å². The average Bonchev–Trinajstić information content (AvgIpc) is 2.18. The highest BCUT2D eigenvalue weighted by molar-refractivity contribution is 6.18. The number of rotatable bonds is 4. The number of aryl methyl sites for hydroxylation is 1. The summed E-state index contributed by atoms with van der Waals surface area (Å²) >= 11 is 5.60. The summed E-state index contributed by atoms with van der Waals surface area (Å²) in [5.41, 5.74) is 1.98. The Morgan fingerprint density at radius 3 is 2.38 bits per heavy atom. The summed E-state index contributed by atoms with van der Waals surface area (Å²) in [6, 6.07) is 7.66. The molecule has 0 aliphatic heterocycles. The van der Waals surface area contributed by atoms with Gasteiger partial charge in [0, 0.05) is 17.9 Å². The lowest BCUT2D eigenvalue weighted by atomic mass is 10.1. The van der Waals surface area contributed by atoms with Crippen LogP contribution in [0.4, 0.5) is 0 Å². The molecular formula is C11H13ClO. The predicted molar refractivity (Wildman–Crippen MR) is 55.5 cm³/mol. The summed E-state index contributed by atoms with van der Waals surface area (Å²) in [6.07, 6.45) is 1.43. The number of hydrogen-bond acceptors (Lipinski definition) is 1. The first kappa shape index (κ1) is 10.3. The van der Waals surface area contributed by atoms with Crippen LogP contribution in [0.3, 0.4) is 0 Å². The minimum Gasteiger partial charge on any atom is -0.294 e. The molecule has 0 N–H and O–H groups in total. The minimum atomic E-state index is 0.192. The van der Waals surface area contributed by atoms with Crippen molar-refractivity contribution < 1.29 is 4.79 Å². The van der Waals surface area contributed by atoms with Gasteiger partial charge < -0.3 is 0 Å². The Morgan fingerprint density at radius 1 is 1.31 bits per heavy atom. The molecule has 0 saturated carbocycles. The number of carbonyl (C=O) groups is 1. The Labute approximate surface area is 83.7 Å². The number of ketones is 1. The van der Waals surface area contributed by atoms with E-state index in [2.05, 4.69) is 0 Å². The zero-order chi connectivity index (χ0) is 9.68. The van der Waals surface area contributed by atoms with Gasteiger partial charge in [0.15, 0.2) is 5.78 Å². The molecule has 0 amide bonds. The van der Waals surface area contributed by atoms with Gasteiger partial charge in [0.25, 0.3) is 0 Å². The summed E-state index contributed by atoms with van der Waals surface area (Å²) in [4.78, 5) is 11.3. The Morgan fingerprint density at radius 2 is 1.92 bits per heavy atom. The fraction of sp³-hybridized carbons (Fsp3) is 0.364. The van der Waals surface area contributed by atoms with Gasteiger partial charge in [-0.3, -0.25) is 4.79 Å². The van der Waals surface area contributed by atoms with Crippen LogP contribution in [-0.4, -0.2) is 11.7 Å². The third kappa shape index (κ3) is 2.85. The summed E-state index contributed by atoms with van der Waals surface area (Å²) in [5.74, 6) is 0.818. The first-order valence-electron chi connectivity index (χ1n) is 4.46. The summed E-state index contributed by atoms with van der Waals surface area (Å²) in [6.45, 7) is 1.87.